The second-order valence-corrected chi connectivity index (χ2v) is 6.28. The predicted molar refractivity (Wildman–Crippen MR) is 101 cm³/mol. The third-order valence-electron chi connectivity index (χ3n) is 4.26. The molecule has 1 atom stereocenters. The highest BCUT2D eigenvalue weighted by Gasteiger charge is 2.21. The monoisotopic (exact) mass is 361 g/mol. The first-order chi connectivity index (χ1) is 13.2. The fourth-order valence-corrected chi connectivity index (χ4v) is 3.02. The number of nitrogens with zero attached hydrogens (tertiary/aromatic N) is 4. The van der Waals surface area contributed by atoms with Crippen molar-refractivity contribution in [1.82, 2.24) is 25.1 Å². The molecule has 4 rings (SSSR count). The van der Waals surface area contributed by atoms with Gasteiger partial charge in [0.05, 0.1) is 19.4 Å². The van der Waals surface area contributed by atoms with Crippen molar-refractivity contribution in [3.63, 3.8) is 0 Å². The van der Waals surface area contributed by atoms with Crippen molar-refractivity contribution in [3.8, 4) is 0 Å². The number of hydrogen-bond donors (Lipinski definition) is 1. The number of ether oxygens (including phenoxy) is 1. The van der Waals surface area contributed by atoms with Crippen molar-refractivity contribution in [2.24, 2.45) is 0 Å². The highest BCUT2D eigenvalue weighted by molar-refractivity contribution is 5.92. The lowest BCUT2D eigenvalue weighted by Gasteiger charge is -2.16. The number of nitrogens with one attached hydrogen (secondary N) is 1. The number of aromatic nitrogens is 4. The Balaban J connectivity index is 1.61. The van der Waals surface area contributed by atoms with Crippen molar-refractivity contribution >= 4 is 22.3 Å². The van der Waals surface area contributed by atoms with Crippen LogP contribution < -0.4 is 5.32 Å². The maximum absolute atomic E-state index is 11.7. The van der Waals surface area contributed by atoms with Crippen LogP contribution in [0.25, 0.3) is 16.4 Å². The lowest BCUT2D eigenvalue weighted by atomic mass is 10.2. The molecular weight excluding hydrogens is 342 g/mol. The molecule has 0 aliphatic rings. The minimum atomic E-state index is -0.449. The number of carbonyl (C=O) groups is 1. The highest BCUT2D eigenvalue weighted by Crippen LogP contribution is 2.20. The quantitative estimate of drug-likeness (QED) is 0.571. The molecular formula is C20H19N5O2. The molecule has 0 bridgehead atoms. The van der Waals surface area contributed by atoms with Crippen molar-refractivity contribution in [1.29, 1.82) is 0 Å². The molecule has 136 valence electrons. The van der Waals surface area contributed by atoms with Crippen LogP contribution in [0.3, 0.4) is 0 Å². The van der Waals surface area contributed by atoms with Crippen LogP contribution in [0.5, 0.6) is 0 Å². The van der Waals surface area contributed by atoms with Gasteiger partial charge >= 0.3 is 0 Å². The number of hydrogen-bond acceptors (Lipinski definition) is 5. The fourth-order valence-electron chi connectivity index (χ4n) is 3.02. The first kappa shape index (κ1) is 17.1. The van der Waals surface area contributed by atoms with Gasteiger partial charge in [-0.2, -0.15) is 9.61 Å². The van der Waals surface area contributed by atoms with E-state index in [-0.39, 0.29) is 12.5 Å². The standard InChI is InChI=1S/C20H19N5O2/c1-14(26)22-18(13-27-12-15-7-3-2-4-8-15)20-24-23-19-17-10-6-5-9-16(17)11-21-25(19)20/h2-11,18H,12-13H2,1H3,(H,22,26)/t18-/m0/s1. The van der Waals surface area contributed by atoms with Crippen LogP contribution in [0, 0.1) is 0 Å². The number of benzene rings is 2. The molecule has 0 aliphatic heterocycles. The number of rotatable bonds is 6. The van der Waals surface area contributed by atoms with Crippen molar-refractivity contribution < 1.29 is 9.53 Å². The first-order valence-corrected chi connectivity index (χ1v) is 8.70. The summed E-state index contributed by atoms with van der Waals surface area (Å²) < 4.78 is 7.48. The number of amides is 1. The SMILES string of the molecule is CC(=O)N[C@@H](COCc1ccccc1)c1nnc2c3ccccc3cnn12. The molecule has 1 amide bonds. The van der Waals surface area contributed by atoms with Gasteiger partial charge in [-0.1, -0.05) is 54.6 Å². The normalized spacial score (nSPS) is 12.3. The van der Waals surface area contributed by atoms with Crippen LogP contribution in [0.1, 0.15) is 24.4 Å². The van der Waals surface area contributed by atoms with E-state index in [2.05, 4.69) is 20.6 Å². The summed E-state index contributed by atoms with van der Waals surface area (Å²) in [4.78, 5) is 11.7. The fraction of sp³-hybridized carbons (Fsp3) is 0.200. The Morgan fingerprint density at radius 3 is 2.70 bits per heavy atom. The van der Waals surface area contributed by atoms with Gasteiger partial charge in [0.25, 0.3) is 0 Å². The predicted octanol–water partition coefficient (Wildman–Crippen LogP) is 2.67. The Morgan fingerprint density at radius 1 is 1.11 bits per heavy atom. The van der Waals surface area contributed by atoms with E-state index < -0.39 is 6.04 Å². The molecule has 2 heterocycles. The van der Waals surface area contributed by atoms with E-state index in [1.54, 1.807) is 10.7 Å². The minimum absolute atomic E-state index is 0.166. The van der Waals surface area contributed by atoms with Crippen LogP contribution in [0.2, 0.25) is 0 Å². The summed E-state index contributed by atoms with van der Waals surface area (Å²) in [5.41, 5.74) is 1.72. The van der Waals surface area contributed by atoms with Gasteiger partial charge in [-0.3, -0.25) is 4.79 Å². The van der Waals surface area contributed by atoms with E-state index in [1.807, 2.05) is 54.6 Å². The Morgan fingerprint density at radius 2 is 1.89 bits per heavy atom. The van der Waals surface area contributed by atoms with Crippen molar-refractivity contribution in [3.05, 3.63) is 72.2 Å². The zero-order valence-electron chi connectivity index (χ0n) is 14.9. The van der Waals surface area contributed by atoms with E-state index >= 15 is 0 Å². The lowest BCUT2D eigenvalue weighted by Crippen LogP contribution is -2.31. The second kappa shape index (κ2) is 7.51. The summed E-state index contributed by atoms with van der Waals surface area (Å²) >= 11 is 0. The first-order valence-electron chi connectivity index (χ1n) is 8.70. The van der Waals surface area contributed by atoms with Crippen LogP contribution in [0.15, 0.2) is 60.8 Å². The van der Waals surface area contributed by atoms with E-state index in [0.717, 1.165) is 16.3 Å². The molecule has 0 unspecified atom stereocenters. The van der Waals surface area contributed by atoms with Gasteiger partial charge in [0.15, 0.2) is 11.5 Å². The van der Waals surface area contributed by atoms with Gasteiger partial charge in [0, 0.05) is 17.7 Å². The maximum Gasteiger partial charge on any atom is 0.217 e. The van der Waals surface area contributed by atoms with Crippen LogP contribution >= 0.6 is 0 Å². The lowest BCUT2D eigenvalue weighted by molar-refractivity contribution is -0.120. The maximum atomic E-state index is 11.7. The van der Waals surface area contributed by atoms with Crippen molar-refractivity contribution in [2.45, 2.75) is 19.6 Å². The molecule has 2 aromatic carbocycles. The Labute approximate surface area is 156 Å². The zero-order valence-corrected chi connectivity index (χ0v) is 14.9. The summed E-state index contributed by atoms with van der Waals surface area (Å²) in [6.07, 6.45) is 1.77. The Hall–Kier alpha value is -3.32. The third-order valence-corrected chi connectivity index (χ3v) is 4.26. The summed E-state index contributed by atoms with van der Waals surface area (Å²) in [6, 6.07) is 17.3. The average Bonchev–Trinajstić information content (AvgIpc) is 3.12. The van der Waals surface area contributed by atoms with Crippen molar-refractivity contribution in [2.75, 3.05) is 6.61 Å². The number of carbonyl (C=O) groups excluding carboxylic acids is 1. The summed E-state index contributed by atoms with van der Waals surface area (Å²) in [7, 11) is 0. The van der Waals surface area contributed by atoms with Crippen LogP contribution in [-0.2, 0) is 16.1 Å². The van der Waals surface area contributed by atoms with Crippen LogP contribution in [-0.4, -0.2) is 32.3 Å². The zero-order chi connectivity index (χ0) is 18.6. The second-order valence-electron chi connectivity index (χ2n) is 6.28. The van der Waals surface area contributed by atoms with Gasteiger partial charge in [0.1, 0.15) is 6.04 Å². The van der Waals surface area contributed by atoms with Gasteiger partial charge in [-0.15, -0.1) is 10.2 Å². The largest absolute Gasteiger partial charge is 0.374 e. The molecule has 0 saturated heterocycles. The minimum Gasteiger partial charge on any atom is -0.374 e. The summed E-state index contributed by atoms with van der Waals surface area (Å²) in [5, 5.41) is 17.8. The molecule has 0 radical (unpaired) electrons. The molecule has 0 saturated carbocycles. The van der Waals surface area contributed by atoms with E-state index in [0.29, 0.717) is 18.1 Å². The van der Waals surface area contributed by atoms with E-state index in [4.69, 9.17) is 4.74 Å². The Kier molecular flexibility index (Phi) is 4.76. The summed E-state index contributed by atoms with van der Waals surface area (Å²) in [5.74, 6) is 0.375. The van der Waals surface area contributed by atoms with Gasteiger partial charge in [-0.25, -0.2) is 0 Å². The summed E-state index contributed by atoms with van der Waals surface area (Å²) in [6.45, 7) is 2.18. The third kappa shape index (κ3) is 3.63. The highest BCUT2D eigenvalue weighted by atomic mass is 16.5. The topological polar surface area (TPSA) is 81.4 Å². The molecule has 1 N–H and O–H groups in total. The molecule has 2 aromatic heterocycles. The van der Waals surface area contributed by atoms with Gasteiger partial charge in [0.2, 0.25) is 5.91 Å². The van der Waals surface area contributed by atoms with Gasteiger partial charge in [-0.05, 0) is 5.56 Å². The van der Waals surface area contributed by atoms with E-state index in [9.17, 15) is 4.79 Å². The molecule has 0 spiro atoms. The van der Waals surface area contributed by atoms with E-state index in [1.165, 1.54) is 6.92 Å². The molecule has 7 nitrogen and oxygen atoms in total. The molecule has 0 fully saturated rings. The molecule has 0 aliphatic carbocycles. The Bertz CT molecular complexity index is 1080. The molecule has 27 heavy (non-hydrogen) atoms. The average molecular weight is 361 g/mol. The van der Waals surface area contributed by atoms with Crippen LogP contribution in [0.4, 0.5) is 0 Å². The van der Waals surface area contributed by atoms with Gasteiger partial charge < -0.3 is 10.1 Å². The smallest absolute Gasteiger partial charge is 0.217 e. The number of fused-ring (bicyclic) bond motifs is 3. The molecule has 7 heteroatoms. The molecule has 4 aromatic rings.